The monoisotopic (exact) mass is 276 g/mol. The number of nitrogens with one attached hydrogen (secondary N) is 1. The minimum absolute atomic E-state index is 0. The zero-order valence-electron chi connectivity index (χ0n) is 9.54. The van der Waals surface area contributed by atoms with E-state index in [2.05, 4.69) is 17.1 Å². The lowest BCUT2D eigenvalue weighted by Gasteiger charge is -2.38. The summed E-state index contributed by atoms with van der Waals surface area (Å²) in [6.45, 7) is 3.95. The second-order valence-electron chi connectivity index (χ2n) is 4.64. The van der Waals surface area contributed by atoms with Gasteiger partial charge in [0.25, 0.3) is 0 Å². The molecule has 94 valence electrons. The Bertz CT molecular complexity index is 439. The topological polar surface area (TPSA) is 15.3 Å². The van der Waals surface area contributed by atoms with Crippen molar-refractivity contribution in [3.63, 3.8) is 0 Å². The van der Waals surface area contributed by atoms with E-state index >= 15 is 0 Å². The number of fused-ring (bicyclic) bond motifs is 3. The van der Waals surface area contributed by atoms with Gasteiger partial charge in [-0.15, -0.1) is 12.4 Å². The van der Waals surface area contributed by atoms with Crippen molar-refractivity contribution in [2.45, 2.75) is 25.4 Å². The van der Waals surface area contributed by atoms with Crippen molar-refractivity contribution in [3.05, 3.63) is 28.5 Å². The maximum Gasteiger partial charge on any atom is 0.165 e. The summed E-state index contributed by atoms with van der Waals surface area (Å²) in [4.78, 5) is 2.19. The molecule has 0 spiro atoms. The van der Waals surface area contributed by atoms with Gasteiger partial charge in [-0.3, -0.25) is 0 Å². The Morgan fingerprint density at radius 2 is 2.18 bits per heavy atom. The van der Waals surface area contributed by atoms with Crippen LogP contribution in [0.15, 0.2) is 12.1 Å². The molecule has 0 unspecified atom stereocenters. The van der Waals surface area contributed by atoms with E-state index in [1.807, 2.05) is 6.07 Å². The van der Waals surface area contributed by atoms with Gasteiger partial charge in [-0.1, -0.05) is 17.7 Å². The van der Waals surface area contributed by atoms with Crippen molar-refractivity contribution in [3.8, 4) is 0 Å². The van der Waals surface area contributed by atoms with Crippen molar-refractivity contribution in [1.29, 1.82) is 0 Å². The largest absolute Gasteiger partial charge is 0.360 e. The van der Waals surface area contributed by atoms with Crippen LogP contribution in [-0.2, 0) is 6.42 Å². The molecule has 5 heteroatoms. The fraction of sp³-hybridized carbons (Fsp3) is 0.500. The Morgan fingerprint density at radius 1 is 1.41 bits per heavy atom. The summed E-state index contributed by atoms with van der Waals surface area (Å²) in [7, 11) is 0. The van der Waals surface area contributed by atoms with Gasteiger partial charge in [0.1, 0.15) is 0 Å². The van der Waals surface area contributed by atoms with E-state index in [1.54, 1.807) is 6.07 Å². The zero-order valence-corrected chi connectivity index (χ0v) is 11.1. The fourth-order valence-electron chi connectivity index (χ4n) is 2.87. The Labute approximate surface area is 112 Å². The van der Waals surface area contributed by atoms with Gasteiger partial charge in [0.15, 0.2) is 5.82 Å². The Balaban J connectivity index is 0.00000108. The van der Waals surface area contributed by atoms with E-state index in [9.17, 15) is 4.39 Å². The molecule has 1 saturated heterocycles. The van der Waals surface area contributed by atoms with Crippen LogP contribution >= 0.6 is 24.0 Å². The maximum atomic E-state index is 14.1. The van der Waals surface area contributed by atoms with Crippen LogP contribution in [0.1, 0.15) is 12.5 Å². The van der Waals surface area contributed by atoms with Gasteiger partial charge in [0.2, 0.25) is 0 Å². The Kier molecular flexibility index (Phi) is 3.53. The maximum absolute atomic E-state index is 14.1. The summed E-state index contributed by atoms with van der Waals surface area (Å²) in [6.07, 6.45) is 0.917. The van der Waals surface area contributed by atoms with Gasteiger partial charge in [0, 0.05) is 25.2 Å². The summed E-state index contributed by atoms with van der Waals surface area (Å²) in [5.41, 5.74) is 1.81. The third-order valence-corrected chi connectivity index (χ3v) is 3.85. The molecule has 0 radical (unpaired) electrons. The molecule has 0 bridgehead atoms. The van der Waals surface area contributed by atoms with E-state index in [-0.39, 0.29) is 23.2 Å². The summed E-state index contributed by atoms with van der Waals surface area (Å²) < 4.78 is 14.1. The van der Waals surface area contributed by atoms with Crippen LogP contribution in [0, 0.1) is 5.82 Å². The average molecular weight is 277 g/mol. The van der Waals surface area contributed by atoms with Crippen LogP contribution in [0.4, 0.5) is 10.1 Å². The molecule has 0 amide bonds. The second-order valence-corrected chi connectivity index (χ2v) is 5.05. The van der Waals surface area contributed by atoms with E-state index in [4.69, 9.17) is 11.6 Å². The predicted molar refractivity (Wildman–Crippen MR) is 71.0 cm³/mol. The van der Waals surface area contributed by atoms with E-state index in [0.717, 1.165) is 30.8 Å². The summed E-state index contributed by atoms with van der Waals surface area (Å²) in [5.74, 6) is -0.254. The zero-order chi connectivity index (χ0) is 11.3. The van der Waals surface area contributed by atoms with Crippen LogP contribution in [0.3, 0.4) is 0 Å². The van der Waals surface area contributed by atoms with E-state index in [0.29, 0.717) is 12.1 Å². The van der Waals surface area contributed by atoms with Crippen LogP contribution < -0.4 is 10.2 Å². The average Bonchev–Trinajstić information content (AvgIpc) is 2.64. The summed E-state index contributed by atoms with van der Waals surface area (Å²) in [5, 5.41) is 3.60. The molecule has 1 N–H and O–H groups in total. The molecule has 0 aromatic heterocycles. The standard InChI is InChI=1S/C12H14ClFN2.ClH/c1-7-5-15-6-9-4-8-2-3-10(13)11(14)12(8)16(7)9;/h2-3,7,9,15H,4-6H2,1H3;1H/t7-,9-;/m1./s1. The number of nitrogens with zero attached hydrogens (tertiary/aromatic N) is 1. The number of piperazine rings is 1. The summed E-state index contributed by atoms with van der Waals surface area (Å²) in [6, 6.07) is 4.32. The highest BCUT2D eigenvalue weighted by molar-refractivity contribution is 6.31. The molecule has 17 heavy (non-hydrogen) atoms. The van der Waals surface area contributed by atoms with Gasteiger partial charge >= 0.3 is 0 Å². The molecule has 0 saturated carbocycles. The molecule has 2 aliphatic heterocycles. The lowest BCUT2D eigenvalue weighted by atomic mass is 10.1. The lowest BCUT2D eigenvalue weighted by Crippen LogP contribution is -2.55. The normalized spacial score (nSPS) is 26.2. The molecule has 2 heterocycles. The molecule has 2 atom stereocenters. The summed E-state index contributed by atoms with van der Waals surface area (Å²) >= 11 is 5.85. The van der Waals surface area contributed by atoms with Gasteiger partial charge in [-0.25, -0.2) is 4.39 Å². The lowest BCUT2D eigenvalue weighted by molar-refractivity contribution is 0.426. The minimum atomic E-state index is -0.254. The molecule has 1 aromatic carbocycles. The van der Waals surface area contributed by atoms with Gasteiger partial charge in [-0.2, -0.15) is 0 Å². The molecular weight excluding hydrogens is 262 g/mol. The Hall–Kier alpha value is -0.510. The molecule has 0 aliphatic carbocycles. The van der Waals surface area contributed by atoms with Crippen LogP contribution in [0.2, 0.25) is 5.02 Å². The van der Waals surface area contributed by atoms with Crippen molar-refractivity contribution in [2.24, 2.45) is 0 Å². The first-order valence-electron chi connectivity index (χ1n) is 5.64. The third kappa shape index (κ3) is 1.90. The quantitative estimate of drug-likeness (QED) is 0.784. The number of anilines is 1. The molecule has 1 fully saturated rings. The minimum Gasteiger partial charge on any atom is -0.360 e. The van der Waals surface area contributed by atoms with Crippen molar-refractivity contribution < 1.29 is 4.39 Å². The first-order valence-corrected chi connectivity index (χ1v) is 6.02. The number of hydrogen-bond donors (Lipinski definition) is 1. The van der Waals surface area contributed by atoms with Crippen LogP contribution in [0.25, 0.3) is 0 Å². The molecule has 2 aliphatic rings. The van der Waals surface area contributed by atoms with E-state index < -0.39 is 0 Å². The van der Waals surface area contributed by atoms with Gasteiger partial charge < -0.3 is 10.2 Å². The molecular formula is C12H15Cl2FN2. The van der Waals surface area contributed by atoms with Crippen molar-refractivity contribution in [1.82, 2.24) is 5.32 Å². The molecule has 2 nitrogen and oxygen atoms in total. The first kappa shape index (κ1) is 12.9. The number of benzene rings is 1. The van der Waals surface area contributed by atoms with Gasteiger partial charge in [0.05, 0.1) is 10.7 Å². The second kappa shape index (κ2) is 4.63. The first-order chi connectivity index (χ1) is 7.68. The molecule has 1 aromatic rings. The number of halogens is 3. The SMILES string of the molecule is C[C@@H]1CNC[C@H]2Cc3ccc(Cl)c(F)c3N21.Cl. The number of hydrogen-bond acceptors (Lipinski definition) is 2. The van der Waals surface area contributed by atoms with Crippen LogP contribution in [-0.4, -0.2) is 25.2 Å². The predicted octanol–water partition coefficient (Wildman–Crippen LogP) is 2.62. The smallest absolute Gasteiger partial charge is 0.165 e. The van der Waals surface area contributed by atoms with Crippen molar-refractivity contribution >= 4 is 29.7 Å². The van der Waals surface area contributed by atoms with Gasteiger partial charge in [-0.05, 0) is 25.0 Å². The highest BCUT2D eigenvalue weighted by Crippen LogP contribution is 2.39. The molecule has 3 rings (SSSR count). The highest BCUT2D eigenvalue weighted by atomic mass is 35.5. The number of rotatable bonds is 0. The van der Waals surface area contributed by atoms with E-state index in [1.165, 1.54) is 0 Å². The van der Waals surface area contributed by atoms with Crippen molar-refractivity contribution in [2.75, 3.05) is 18.0 Å². The van der Waals surface area contributed by atoms with Crippen LogP contribution in [0.5, 0.6) is 0 Å². The highest BCUT2D eigenvalue weighted by Gasteiger charge is 2.37. The fourth-order valence-corrected chi connectivity index (χ4v) is 3.02. The Morgan fingerprint density at radius 3 is 2.94 bits per heavy atom. The third-order valence-electron chi connectivity index (χ3n) is 3.55.